The maximum Gasteiger partial charge on any atom is 0.0553 e. The van der Waals surface area contributed by atoms with Crippen molar-refractivity contribution in [1.82, 2.24) is 0 Å². The van der Waals surface area contributed by atoms with Gasteiger partial charge in [0.15, 0.2) is 0 Å². The maximum atomic E-state index is 3.63. The van der Waals surface area contributed by atoms with E-state index in [1.807, 2.05) is 0 Å². The summed E-state index contributed by atoms with van der Waals surface area (Å²) in [6, 6.07) is 4.22. The van der Waals surface area contributed by atoms with E-state index in [1.165, 1.54) is 11.1 Å². The molecule has 0 radical (unpaired) electrons. The van der Waals surface area contributed by atoms with Crippen LogP contribution in [0.25, 0.3) is 0 Å². The van der Waals surface area contributed by atoms with E-state index in [1.54, 1.807) is 6.20 Å². The monoisotopic (exact) mass is 225 g/mol. The van der Waals surface area contributed by atoms with Gasteiger partial charge in [-0.15, -0.1) is 0 Å². The van der Waals surface area contributed by atoms with E-state index in [-0.39, 0.29) is 0 Å². The van der Waals surface area contributed by atoms with Crippen LogP contribution in [0.2, 0.25) is 0 Å². The Labute approximate surface area is 81.6 Å². The Morgan fingerprint density at radius 3 is 2.58 bits per heavy atom. The molecule has 0 fully saturated rings. The van der Waals surface area contributed by atoms with Crippen LogP contribution in [0.4, 0.5) is 5.69 Å². The molecule has 0 aliphatic carbocycles. The summed E-state index contributed by atoms with van der Waals surface area (Å²) in [6.07, 6.45) is 1.68. The van der Waals surface area contributed by atoms with Gasteiger partial charge in [0.2, 0.25) is 0 Å². The summed E-state index contributed by atoms with van der Waals surface area (Å²) in [4.78, 5) is 0. The van der Waals surface area contributed by atoms with Gasteiger partial charge in [-0.2, -0.15) is 0 Å². The lowest BCUT2D eigenvalue weighted by atomic mass is 10.1. The SMILES string of the molecule is C=CNc1c(C)cc(C)cc1Br. The van der Waals surface area contributed by atoms with E-state index in [2.05, 4.69) is 53.8 Å². The van der Waals surface area contributed by atoms with Crippen molar-refractivity contribution < 1.29 is 0 Å². The van der Waals surface area contributed by atoms with Gasteiger partial charge in [0.1, 0.15) is 0 Å². The van der Waals surface area contributed by atoms with Gasteiger partial charge in [0.05, 0.1) is 5.69 Å². The average molecular weight is 226 g/mol. The molecule has 1 rings (SSSR count). The molecule has 0 aromatic heterocycles. The van der Waals surface area contributed by atoms with Crippen LogP contribution < -0.4 is 5.32 Å². The first kappa shape index (κ1) is 9.33. The number of anilines is 1. The molecule has 0 unspecified atom stereocenters. The van der Waals surface area contributed by atoms with Crippen molar-refractivity contribution in [1.29, 1.82) is 0 Å². The van der Waals surface area contributed by atoms with Crippen LogP contribution >= 0.6 is 15.9 Å². The fourth-order valence-corrected chi connectivity index (χ4v) is 1.99. The van der Waals surface area contributed by atoms with Crippen LogP contribution in [0, 0.1) is 13.8 Å². The van der Waals surface area contributed by atoms with E-state index in [0.29, 0.717) is 0 Å². The minimum absolute atomic E-state index is 1.08. The third-order valence-electron chi connectivity index (χ3n) is 1.68. The highest BCUT2D eigenvalue weighted by atomic mass is 79.9. The number of halogens is 1. The average Bonchev–Trinajstić information content (AvgIpc) is 1.96. The summed E-state index contributed by atoms with van der Waals surface area (Å²) in [7, 11) is 0. The molecule has 0 saturated heterocycles. The zero-order chi connectivity index (χ0) is 9.14. The number of hydrogen-bond donors (Lipinski definition) is 1. The van der Waals surface area contributed by atoms with E-state index in [4.69, 9.17) is 0 Å². The number of nitrogens with one attached hydrogen (secondary N) is 1. The molecular formula is C10H12BrN. The third-order valence-corrected chi connectivity index (χ3v) is 2.30. The second-order valence-corrected chi connectivity index (χ2v) is 3.64. The predicted molar refractivity (Wildman–Crippen MR) is 57.4 cm³/mol. The zero-order valence-electron chi connectivity index (χ0n) is 7.32. The second kappa shape index (κ2) is 3.76. The Hall–Kier alpha value is -0.760. The normalized spacial score (nSPS) is 9.58. The molecule has 1 N–H and O–H groups in total. The van der Waals surface area contributed by atoms with Gasteiger partial charge in [-0.25, -0.2) is 0 Å². The molecule has 0 amide bonds. The van der Waals surface area contributed by atoms with Crippen LogP contribution in [0.5, 0.6) is 0 Å². The molecule has 1 aromatic carbocycles. The van der Waals surface area contributed by atoms with Gasteiger partial charge in [0, 0.05) is 4.47 Å². The predicted octanol–water partition coefficient (Wildman–Crippen LogP) is 3.62. The van der Waals surface area contributed by atoms with Crippen LogP contribution in [-0.2, 0) is 0 Å². The topological polar surface area (TPSA) is 12.0 Å². The van der Waals surface area contributed by atoms with Gasteiger partial charge < -0.3 is 5.32 Å². The van der Waals surface area contributed by atoms with Gasteiger partial charge >= 0.3 is 0 Å². The smallest absolute Gasteiger partial charge is 0.0553 e. The molecular weight excluding hydrogens is 214 g/mol. The Bertz CT molecular complexity index is 282. The molecule has 0 atom stereocenters. The molecule has 0 saturated carbocycles. The van der Waals surface area contributed by atoms with E-state index in [9.17, 15) is 0 Å². The van der Waals surface area contributed by atoms with Crippen LogP contribution in [0.15, 0.2) is 29.4 Å². The summed E-state index contributed by atoms with van der Waals surface area (Å²) in [6.45, 7) is 7.78. The minimum atomic E-state index is 1.08. The maximum absolute atomic E-state index is 3.63. The molecule has 1 aromatic rings. The Morgan fingerprint density at radius 2 is 2.08 bits per heavy atom. The molecule has 0 heterocycles. The van der Waals surface area contributed by atoms with Crippen molar-refractivity contribution in [3.63, 3.8) is 0 Å². The highest BCUT2D eigenvalue weighted by Gasteiger charge is 2.01. The molecule has 12 heavy (non-hydrogen) atoms. The van der Waals surface area contributed by atoms with E-state index < -0.39 is 0 Å². The minimum Gasteiger partial charge on any atom is -0.361 e. The number of rotatable bonds is 2. The van der Waals surface area contributed by atoms with Crippen molar-refractivity contribution in [3.05, 3.63) is 40.5 Å². The van der Waals surface area contributed by atoms with E-state index >= 15 is 0 Å². The number of hydrogen-bond acceptors (Lipinski definition) is 1. The van der Waals surface area contributed by atoms with Crippen molar-refractivity contribution in [2.24, 2.45) is 0 Å². The summed E-state index contributed by atoms with van der Waals surface area (Å²) in [5.74, 6) is 0. The van der Waals surface area contributed by atoms with Crippen molar-refractivity contribution >= 4 is 21.6 Å². The first-order valence-corrected chi connectivity index (χ1v) is 4.58. The highest BCUT2D eigenvalue weighted by Crippen LogP contribution is 2.27. The Morgan fingerprint density at radius 1 is 1.42 bits per heavy atom. The molecule has 0 bridgehead atoms. The van der Waals surface area contributed by atoms with Gasteiger partial charge in [0.25, 0.3) is 0 Å². The third kappa shape index (κ3) is 1.89. The van der Waals surface area contributed by atoms with Crippen LogP contribution in [0.1, 0.15) is 11.1 Å². The number of aryl methyl sites for hydroxylation is 2. The van der Waals surface area contributed by atoms with Gasteiger partial charge in [-0.05, 0) is 53.2 Å². The standard InChI is InChI=1S/C10H12BrN/c1-4-12-10-8(3)5-7(2)6-9(10)11/h4-6,12H,1H2,2-3H3. The summed E-state index contributed by atoms with van der Waals surface area (Å²) in [5, 5.41) is 3.09. The molecule has 1 nitrogen and oxygen atoms in total. The summed E-state index contributed by atoms with van der Waals surface area (Å²) < 4.78 is 1.08. The summed E-state index contributed by atoms with van der Waals surface area (Å²) >= 11 is 3.49. The molecule has 0 aliphatic heterocycles. The van der Waals surface area contributed by atoms with Crippen molar-refractivity contribution in [2.45, 2.75) is 13.8 Å². The molecule has 0 aliphatic rings. The highest BCUT2D eigenvalue weighted by molar-refractivity contribution is 9.10. The van der Waals surface area contributed by atoms with Crippen molar-refractivity contribution in [3.8, 4) is 0 Å². The fraction of sp³-hybridized carbons (Fsp3) is 0.200. The Balaban J connectivity index is 3.18. The van der Waals surface area contributed by atoms with Crippen molar-refractivity contribution in [2.75, 3.05) is 5.32 Å². The van der Waals surface area contributed by atoms with Crippen LogP contribution in [-0.4, -0.2) is 0 Å². The zero-order valence-corrected chi connectivity index (χ0v) is 8.90. The fourth-order valence-electron chi connectivity index (χ4n) is 1.20. The first-order valence-electron chi connectivity index (χ1n) is 3.79. The van der Waals surface area contributed by atoms with E-state index in [0.717, 1.165) is 10.2 Å². The van der Waals surface area contributed by atoms with Crippen LogP contribution in [0.3, 0.4) is 0 Å². The second-order valence-electron chi connectivity index (χ2n) is 2.79. The lowest BCUT2D eigenvalue weighted by Crippen LogP contribution is -1.92. The lowest BCUT2D eigenvalue weighted by molar-refractivity contribution is 1.35. The molecule has 0 spiro atoms. The quantitative estimate of drug-likeness (QED) is 0.811. The largest absolute Gasteiger partial charge is 0.361 e. The Kier molecular flexibility index (Phi) is 2.93. The lowest BCUT2D eigenvalue weighted by Gasteiger charge is -2.08. The molecule has 2 heteroatoms. The summed E-state index contributed by atoms with van der Waals surface area (Å²) in [5.41, 5.74) is 3.58. The molecule has 64 valence electrons. The number of benzene rings is 1. The first-order chi connectivity index (χ1) is 5.65. The van der Waals surface area contributed by atoms with Gasteiger partial charge in [-0.3, -0.25) is 0 Å². The van der Waals surface area contributed by atoms with Gasteiger partial charge in [-0.1, -0.05) is 12.6 Å².